The van der Waals surface area contributed by atoms with Crippen LogP contribution in [0.15, 0.2) is 54.6 Å². The fourth-order valence-corrected chi connectivity index (χ4v) is 3.73. The lowest BCUT2D eigenvalue weighted by atomic mass is 10.0. The maximum Gasteiger partial charge on any atom is 0.269 e. The first-order valence-electron chi connectivity index (χ1n) is 10.4. The zero-order chi connectivity index (χ0) is 20.2. The first kappa shape index (κ1) is 19.2. The number of amides is 1. The standard InChI is InChI=1S/C25H27N3O/c1-3-4-5-8-15-26-25(29)22-16-20-19-9-6-7-10-21(19)27-24(20)23(28-22)18-13-11-17(2)12-14-18/h6-7,9-14,16,27H,3-5,8,15H2,1-2H3,(H,26,29). The van der Waals surface area contributed by atoms with E-state index in [9.17, 15) is 4.79 Å². The molecule has 2 heterocycles. The molecule has 2 aromatic carbocycles. The highest BCUT2D eigenvalue weighted by Gasteiger charge is 2.16. The van der Waals surface area contributed by atoms with Crippen molar-refractivity contribution in [3.05, 3.63) is 65.9 Å². The summed E-state index contributed by atoms with van der Waals surface area (Å²) in [5.74, 6) is -0.109. The van der Waals surface area contributed by atoms with Gasteiger partial charge in [0.1, 0.15) is 5.69 Å². The van der Waals surface area contributed by atoms with Crippen molar-refractivity contribution in [2.75, 3.05) is 6.54 Å². The second-order valence-corrected chi connectivity index (χ2v) is 7.63. The van der Waals surface area contributed by atoms with Gasteiger partial charge in [0.2, 0.25) is 0 Å². The van der Waals surface area contributed by atoms with E-state index in [1.807, 2.05) is 18.2 Å². The number of nitrogens with zero attached hydrogens (tertiary/aromatic N) is 1. The largest absolute Gasteiger partial charge is 0.353 e. The van der Waals surface area contributed by atoms with E-state index in [0.29, 0.717) is 12.2 Å². The van der Waals surface area contributed by atoms with Crippen molar-refractivity contribution in [3.63, 3.8) is 0 Å². The predicted molar refractivity (Wildman–Crippen MR) is 120 cm³/mol. The Balaban J connectivity index is 1.76. The molecular weight excluding hydrogens is 358 g/mol. The number of pyridine rings is 1. The lowest BCUT2D eigenvalue weighted by molar-refractivity contribution is 0.0948. The van der Waals surface area contributed by atoms with Crippen LogP contribution in [-0.4, -0.2) is 22.4 Å². The van der Waals surface area contributed by atoms with Gasteiger partial charge in [-0.25, -0.2) is 4.98 Å². The van der Waals surface area contributed by atoms with Crippen LogP contribution >= 0.6 is 0 Å². The number of aryl methyl sites for hydroxylation is 1. The lowest BCUT2D eigenvalue weighted by Crippen LogP contribution is -2.25. The molecule has 0 aliphatic rings. The van der Waals surface area contributed by atoms with E-state index in [0.717, 1.165) is 45.9 Å². The number of fused-ring (bicyclic) bond motifs is 3. The van der Waals surface area contributed by atoms with Crippen LogP contribution < -0.4 is 5.32 Å². The van der Waals surface area contributed by atoms with E-state index in [-0.39, 0.29) is 5.91 Å². The summed E-state index contributed by atoms with van der Waals surface area (Å²) >= 11 is 0. The zero-order valence-electron chi connectivity index (χ0n) is 17.1. The van der Waals surface area contributed by atoms with Crippen LogP contribution in [0.4, 0.5) is 0 Å². The van der Waals surface area contributed by atoms with E-state index in [2.05, 4.69) is 60.5 Å². The minimum absolute atomic E-state index is 0.109. The molecule has 4 rings (SSSR count). The normalized spacial score (nSPS) is 11.2. The van der Waals surface area contributed by atoms with Crippen molar-refractivity contribution in [1.82, 2.24) is 15.3 Å². The summed E-state index contributed by atoms with van der Waals surface area (Å²) in [4.78, 5) is 21.1. The van der Waals surface area contributed by atoms with Gasteiger partial charge in [-0.1, -0.05) is 74.2 Å². The van der Waals surface area contributed by atoms with Gasteiger partial charge in [-0.15, -0.1) is 0 Å². The van der Waals surface area contributed by atoms with Crippen molar-refractivity contribution in [2.45, 2.75) is 39.5 Å². The van der Waals surface area contributed by atoms with Crippen molar-refractivity contribution in [2.24, 2.45) is 0 Å². The number of H-pyrrole nitrogens is 1. The van der Waals surface area contributed by atoms with Gasteiger partial charge in [0.15, 0.2) is 0 Å². The molecule has 0 aliphatic carbocycles. The van der Waals surface area contributed by atoms with Crippen LogP contribution in [0.2, 0.25) is 0 Å². The van der Waals surface area contributed by atoms with E-state index in [1.165, 1.54) is 18.4 Å². The molecule has 4 heteroatoms. The number of unbranched alkanes of at least 4 members (excludes halogenated alkanes) is 3. The Hall–Kier alpha value is -3.14. The Labute approximate surface area is 171 Å². The van der Waals surface area contributed by atoms with Crippen LogP contribution in [0, 0.1) is 6.92 Å². The molecule has 4 nitrogen and oxygen atoms in total. The maximum atomic E-state index is 12.8. The minimum atomic E-state index is -0.109. The second-order valence-electron chi connectivity index (χ2n) is 7.63. The van der Waals surface area contributed by atoms with Gasteiger partial charge >= 0.3 is 0 Å². The summed E-state index contributed by atoms with van der Waals surface area (Å²) in [6, 6.07) is 18.4. The highest BCUT2D eigenvalue weighted by molar-refractivity contribution is 6.13. The van der Waals surface area contributed by atoms with Gasteiger partial charge in [0.05, 0.1) is 11.2 Å². The number of para-hydroxylation sites is 1. The molecule has 148 valence electrons. The molecule has 29 heavy (non-hydrogen) atoms. The molecule has 0 atom stereocenters. The van der Waals surface area contributed by atoms with E-state index >= 15 is 0 Å². The summed E-state index contributed by atoms with van der Waals surface area (Å²) in [5.41, 5.74) is 5.50. The molecule has 0 fully saturated rings. The number of aromatic amines is 1. The average molecular weight is 386 g/mol. The Bertz CT molecular complexity index is 1140. The molecule has 0 saturated heterocycles. The van der Waals surface area contributed by atoms with Crippen molar-refractivity contribution in [1.29, 1.82) is 0 Å². The number of nitrogens with one attached hydrogen (secondary N) is 2. The molecule has 2 aromatic heterocycles. The van der Waals surface area contributed by atoms with Crippen LogP contribution in [0.25, 0.3) is 33.1 Å². The summed E-state index contributed by atoms with van der Waals surface area (Å²) in [6.07, 6.45) is 4.53. The average Bonchev–Trinajstić information content (AvgIpc) is 3.12. The Morgan fingerprint density at radius 2 is 1.79 bits per heavy atom. The molecule has 0 saturated carbocycles. The van der Waals surface area contributed by atoms with Crippen molar-refractivity contribution < 1.29 is 4.79 Å². The van der Waals surface area contributed by atoms with E-state index in [1.54, 1.807) is 0 Å². The number of hydrogen-bond donors (Lipinski definition) is 2. The third kappa shape index (κ3) is 4.02. The summed E-state index contributed by atoms with van der Waals surface area (Å²) in [6.45, 7) is 4.94. The fourth-order valence-electron chi connectivity index (χ4n) is 3.73. The summed E-state index contributed by atoms with van der Waals surface area (Å²) in [7, 11) is 0. The molecule has 0 radical (unpaired) electrons. The molecule has 1 amide bonds. The Morgan fingerprint density at radius 1 is 1.00 bits per heavy atom. The lowest BCUT2D eigenvalue weighted by Gasteiger charge is -2.09. The summed E-state index contributed by atoms with van der Waals surface area (Å²) in [5, 5.41) is 5.18. The quantitative estimate of drug-likeness (QED) is 0.383. The predicted octanol–water partition coefficient (Wildman–Crippen LogP) is 6.00. The molecule has 0 bridgehead atoms. The molecule has 2 N–H and O–H groups in total. The topological polar surface area (TPSA) is 57.8 Å². The third-order valence-corrected chi connectivity index (χ3v) is 5.37. The maximum absolute atomic E-state index is 12.8. The van der Waals surface area contributed by atoms with Crippen LogP contribution in [0.1, 0.15) is 48.7 Å². The SMILES string of the molecule is CCCCCCNC(=O)c1cc2c([nH]c3ccccc32)c(-c2ccc(C)cc2)n1. The van der Waals surface area contributed by atoms with Gasteiger partial charge < -0.3 is 10.3 Å². The van der Waals surface area contributed by atoms with E-state index in [4.69, 9.17) is 4.98 Å². The smallest absolute Gasteiger partial charge is 0.269 e. The third-order valence-electron chi connectivity index (χ3n) is 5.37. The van der Waals surface area contributed by atoms with Crippen LogP contribution in [0.5, 0.6) is 0 Å². The number of carbonyl (C=O) groups excluding carboxylic acids is 1. The summed E-state index contributed by atoms with van der Waals surface area (Å²) < 4.78 is 0. The highest BCUT2D eigenvalue weighted by atomic mass is 16.1. The molecule has 0 aliphatic heterocycles. The Kier molecular flexibility index (Phi) is 5.61. The fraction of sp³-hybridized carbons (Fsp3) is 0.280. The Morgan fingerprint density at radius 3 is 2.59 bits per heavy atom. The second kappa shape index (κ2) is 8.48. The number of rotatable bonds is 7. The highest BCUT2D eigenvalue weighted by Crippen LogP contribution is 2.32. The van der Waals surface area contributed by atoms with Crippen LogP contribution in [-0.2, 0) is 0 Å². The first-order valence-corrected chi connectivity index (χ1v) is 10.4. The van der Waals surface area contributed by atoms with Gasteiger partial charge in [-0.05, 0) is 25.5 Å². The minimum Gasteiger partial charge on any atom is -0.353 e. The number of benzene rings is 2. The molecule has 0 spiro atoms. The zero-order valence-corrected chi connectivity index (χ0v) is 17.1. The first-order chi connectivity index (χ1) is 14.2. The van der Waals surface area contributed by atoms with Gasteiger partial charge in [0, 0.05) is 28.4 Å². The van der Waals surface area contributed by atoms with E-state index < -0.39 is 0 Å². The monoisotopic (exact) mass is 385 g/mol. The van der Waals surface area contributed by atoms with Crippen molar-refractivity contribution in [3.8, 4) is 11.3 Å². The molecule has 0 unspecified atom stereocenters. The number of aromatic nitrogens is 2. The van der Waals surface area contributed by atoms with Gasteiger partial charge in [-0.2, -0.15) is 0 Å². The van der Waals surface area contributed by atoms with Crippen molar-refractivity contribution >= 4 is 27.7 Å². The van der Waals surface area contributed by atoms with Gasteiger partial charge in [0.25, 0.3) is 5.91 Å². The number of carbonyl (C=O) groups is 1. The van der Waals surface area contributed by atoms with Crippen LogP contribution in [0.3, 0.4) is 0 Å². The molecular formula is C25H27N3O. The van der Waals surface area contributed by atoms with Gasteiger partial charge in [-0.3, -0.25) is 4.79 Å². The number of hydrogen-bond acceptors (Lipinski definition) is 2. The molecule has 4 aromatic rings.